The monoisotopic (exact) mass is 352 g/mol. The predicted molar refractivity (Wildman–Crippen MR) is 104 cm³/mol. The number of rotatable bonds is 5. The van der Waals surface area contributed by atoms with Crippen molar-refractivity contribution < 1.29 is 4.39 Å². The second-order valence-corrected chi connectivity index (χ2v) is 6.62. The van der Waals surface area contributed by atoms with Crippen molar-refractivity contribution in [3.05, 3.63) is 41.8 Å². The summed E-state index contributed by atoms with van der Waals surface area (Å²) in [4.78, 5) is 8.89. The maximum atomic E-state index is 13.3. The zero-order chi connectivity index (χ0) is 18.2. The van der Waals surface area contributed by atoms with Gasteiger partial charge in [0.15, 0.2) is 0 Å². The summed E-state index contributed by atoms with van der Waals surface area (Å²) in [5.74, 6) is 7.99. The molecule has 2 N–H and O–H groups in total. The predicted octanol–water partition coefficient (Wildman–Crippen LogP) is 5.11. The van der Waals surface area contributed by atoms with Gasteiger partial charge in [-0.2, -0.15) is 4.98 Å². The first-order chi connectivity index (χ1) is 12.7. The van der Waals surface area contributed by atoms with E-state index in [4.69, 9.17) is 0 Å². The summed E-state index contributed by atoms with van der Waals surface area (Å²) < 4.78 is 13.3. The maximum Gasteiger partial charge on any atom is 0.229 e. The number of nitrogens with zero attached hydrogens (tertiary/aromatic N) is 2. The van der Waals surface area contributed by atoms with Crippen LogP contribution in [0.25, 0.3) is 0 Å². The Morgan fingerprint density at radius 1 is 1.23 bits per heavy atom. The SMILES string of the molecule is CCCNc1nc(Nc2cccc(F)c2)ncc1C#CC1CCCCC1. The lowest BCUT2D eigenvalue weighted by atomic mass is 9.90. The largest absolute Gasteiger partial charge is 0.369 e. The van der Waals surface area contributed by atoms with E-state index in [0.29, 0.717) is 17.6 Å². The molecule has 1 aliphatic rings. The van der Waals surface area contributed by atoms with Gasteiger partial charge in [-0.25, -0.2) is 9.37 Å². The summed E-state index contributed by atoms with van der Waals surface area (Å²) in [7, 11) is 0. The molecule has 1 heterocycles. The summed E-state index contributed by atoms with van der Waals surface area (Å²) in [5, 5.41) is 6.36. The van der Waals surface area contributed by atoms with Crippen LogP contribution in [0, 0.1) is 23.6 Å². The minimum atomic E-state index is -0.297. The fraction of sp³-hybridized carbons (Fsp3) is 0.429. The van der Waals surface area contributed by atoms with Gasteiger partial charge in [-0.3, -0.25) is 0 Å². The van der Waals surface area contributed by atoms with Crippen LogP contribution in [-0.4, -0.2) is 16.5 Å². The highest BCUT2D eigenvalue weighted by Gasteiger charge is 2.11. The zero-order valence-corrected chi connectivity index (χ0v) is 15.2. The second-order valence-electron chi connectivity index (χ2n) is 6.62. The highest BCUT2D eigenvalue weighted by molar-refractivity contribution is 5.59. The molecular weight excluding hydrogens is 327 g/mol. The quantitative estimate of drug-likeness (QED) is 0.734. The standard InChI is InChI=1S/C21H25FN4/c1-2-13-23-20-17(12-11-16-7-4-3-5-8-16)15-24-21(26-20)25-19-10-6-9-18(22)14-19/h6,9-10,14-16H,2-5,7-8,13H2,1H3,(H2,23,24,25,26). The van der Waals surface area contributed by atoms with Crippen LogP contribution in [0.1, 0.15) is 51.0 Å². The summed E-state index contributed by atoms with van der Waals surface area (Å²) in [6, 6.07) is 6.25. The summed E-state index contributed by atoms with van der Waals surface area (Å²) in [6.07, 6.45) is 8.97. The van der Waals surface area contributed by atoms with Crippen molar-refractivity contribution in [3.63, 3.8) is 0 Å². The summed E-state index contributed by atoms with van der Waals surface area (Å²) >= 11 is 0. The van der Waals surface area contributed by atoms with Gasteiger partial charge in [0.05, 0.1) is 11.8 Å². The van der Waals surface area contributed by atoms with E-state index in [1.165, 1.54) is 44.2 Å². The molecule has 26 heavy (non-hydrogen) atoms. The van der Waals surface area contributed by atoms with Gasteiger partial charge in [0.1, 0.15) is 11.6 Å². The lowest BCUT2D eigenvalue weighted by molar-refractivity contribution is 0.430. The number of halogens is 1. The molecule has 5 heteroatoms. The number of benzene rings is 1. The molecule has 3 rings (SSSR count). The van der Waals surface area contributed by atoms with Crippen LogP contribution in [-0.2, 0) is 0 Å². The van der Waals surface area contributed by atoms with Gasteiger partial charge in [-0.05, 0) is 37.5 Å². The second kappa shape index (κ2) is 9.19. The van der Waals surface area contributed by atoms with Crippen LogP contribution in [0.4, 0.5) is 21.8 Å². The van der Waals surface area contributed by atoms with E-state index in [1.54, 1.807) is 18.3 Å². The first-order valence-corrected chi connectivity index (χ1v) is 9.39. The Morgan fingerprint density at radius 3 is 2.85 bits per heavy atom. The van der Waals surface area contributed by atoms with Crippen molar-refractivity contribution in [2.45, 2.75) is 45.4 Å². The van der Waals surface area contributed by atoms with Crippen molar-refractivity contribution in [2.75, 3.05) is 17.2 Å². The molecule has 0 aliphatic heterocycles. The van der Waals surface area contributed by atoms with Crippen LogP contribution >= 0.6 is 0 Å². The molecule has 136 valence electrons. The Morgan fingerprint density at radius 2 is 2.08 bits per heavy atom. The molecule has 1 aromatic heterocycles. The minimum Gasteiger partial charge on any atom is -0.369 e. The molecule has 0 bridgehead atoms. The van der Waals surface area contributed by atoms with Crippen molar-refractivity contribution in [1.82, 2.24) is 9.97 Å². The van der Waals surface area contributed by atoms with Crippen LogP contribution in [0.3, 0.4) is 0 Å². The van der Waals surface area contributed by atoms with Crippen molar-refractivity contribution in [1.29, 1.82) is 0 Å². The molecule has 1 aromatic carbocycles. The average molecular weight is 352 g/mol. The van der Waals surface area contributed by atoms with Crippen molar-refractivity contribution >= 4 is 17.5 Å². The Bertz CT molecular complexity index is 788. The molecule has 2 aromatic rings. The molecule has 0 spiro atoms. The lowest BCUT2D eigenvalue weighted by Gasteiger charge is -2.15. The number of aromatic nitrogens is 2. The van der Waals surface area contributed by atoms with Gasteiger partial charge in [-0.1, -0.05) is 44.1 Å². The van der Waals surface area contributed by atoms with Gasteiger partial charge >= 0.3 is 0 Å². The van der Waals surface area contributed by atoms with Gasteiger partial charge in [0.25, 0.3) is 0 Å². The molecule has 1 aliphatic carbocycles. The Hall–Kier alpha value is -2.61. The van der Waals surface area contributed by atoms with E-state index in [2.05, 4.69) is 39.4 Å². The van der Waals surface area contributed by atoms with E-state index < -0.39 is 0 Å². The van der Waals surface area contributed by atoms with Crippen molar-refractivity contribution in [2.24, 2.45) is 5.92 Å². The van der Waals surface area contributed by atoms with Crippen LogP contribution < -0.4 is 10.6 Å². The molecule has 0 saturated heterocycles. The minimum absolute atomic E-state index is 0.297. The first-order valence-electron chi connectivity index (χ1n) is 9.39. The Balaban J connectivity index is 1.79. The average Bonchev–Trinajstić information content (AvgIpc) is 2.66. The summed E-state index contributed by atoms with van der Waals surface area (Å²) in [6.45, 7) is 2.92. The van der Waals surface area contributed by atoms with Gasteiger partial charge in [0, 0.05) is 18.2 Å². The van der Waals surface area contributed by atoms with Gasteiger partial charge < -0.3 is 10.6 Å². The molecule has 0 radical (unpaired) electrons. The van der Waals surface area contributed by atoms with Crippen molar-refractivity contribution in [3.8, 4) is 11.8 Å². The fourth-order valence-electron chi connectivity index (χ4n) is 3.03. The van der Waals surface area contributed by atoms with Crippen LogP contribution in [0.15, 0.2) is 30.5 Å². The smallest absolute Gasteiger partial charge is 0.229 e. The molecule has 4 nitrogen and oxygen atoms in total. The molecule has 0 amide bonds. The normalized spacial score (nSPS) is 14.4. The van der Waals surface area contributed by atoms with E-state index in [1.807, 2.05) is 0 Å². The molecule has 0 atom stereocenters. The van der Waals surface area contributed by atoms with E-state index in [-0.39, 0.29) is 5.82 Å². The zero-order valence-electron chi connectivity index (χ0n) is 15.2. The number of nitrogens with one attached hydrogen (secondary N) is 2. The highest BCUT2D eigenvalue weighted by atomic mass is 19.1. The van der Waals surface area contributed by atoms with E-state index in [9.17, 15) is 4.39 Å². The van der Waals surface area contributed by atoms with Gasteiger partial charge in [0.2, 0.25) is 5.95 Å². The lowest BCUT2D eigenvalue weighted by Crippen LogP contribution is -2.08. The highest BCUT2D eigenvalue weighted by Crippen LogP contribution is 2.23. The third-order valence-corrected chi connectivity index (χ3v) is 4.43. The molecule has 1 fully saturated rings. The fourth-order valence-corrected chi connectivity index (χ4v) is 3.03. The van der Waals surface area contributed by atoms with Gasteiger partial charge in [-0.15, -0.1) is 0 Å². The van der Waals surface area contributed by atoms with E-state index in [0.717, 1.165) is 24.3 Å². The number of hydrogen-bond acceptors (Lipinski definition) is 4. The maximum absolute atomic E-state index is 13.3. The summed E-state index contributed by atoms with van der Waals surface area (Å²) in [5.41, 5.74) is 1.43. The Kier molecular flexibility index (Phi) is 6.43. The molecule has 1 saturated carbocycles. The molecule has 0 unspecified atom stereocenters. The Labute approximate surface area is 154 Å². The number of anilines is 3. The third-order valence-electron chi connectivity index (χ3n) is 4.43. The topological polar surface area (TPSA) is 49.8 Å². The third kappa shape index (κ3) is 5.19. The van der Waals surface area contributed by atoms with E-state index >= 15 is 0 Å². The number of hydrogen-bond donors (Lipinski definition) is 2. The van der Waals surface area contributed by atoms with Crippen LogP contribution in [0.2, 0.25) is 0 Å². The first kappa shape index (κ1) is 18.2. The van der Waals surface area contributed by atoms with Crippen LogP contribution in [0.5, 0.6) is 0 Å². The molecular formula is C21H25FN4.